The van der Waals surface area contributed by atoms with Crippen LogP contribution in [0.1, 0.15) is 34.0 Å². The van der Waals surface area contributed by atoms with Crippen molar-refractivity contribution in [3.8, 4) is 11.5 Å². The highest BCUT2D eigenvalue weighted by atomic mass is 79.9. The summed E-state index contributed by atoms with van der Waals surface area (Å²) in [6.45, 7) is 4.88. The zero-order valence-electron chi connectivity index (χ0n) is 17.2. The van der Waals surface area contributed by atoms with Gasteiger partial charge in [-0.25, -0.2) is 5.43 Å². The molecule has 0 aromatic heterocycles. The molecule has 1 amide bonds. The molecular formula is C24H22Br2N2O3. The third-order valence-electron chi connectivity index (χ3n) is 4.33. The fourth-order valence-electron chi connectivity index (χ4n) is 2.78. The smallest absolute Gasteiger partial charge is 0.272 e. The van der Waals surface area contributed by atoms with Crippen molar-refractivity contribution in [1.29, 1.82) is 0 Å². The Morgan fingerprint density at radius 3 is 2.48 bits per heavy atom. The number of nitrogens with zero attached hydrogens (tertiary/aromatic N) is 1. The minimum Gasteiger partial charge on any atom is -0.490 e. The van der Waals surface area contributed by atoms with Gasteiger partial charge in [0.05, 0.1) is 22.9 Å². The number of carbonyl (C=O) groups excluding carboxylic acids is 1. The zero-order chi connectivity index (χ0) is 22.2. The van der Waals surface area contributed by atoms with E-state index in [0.29, 0.717) is 34.7 Å². The Morgan fingerprint density at radius 2 is 1.77 bits per heavy atom. The minimum absolute atomic E-state index is 0.300. The monoisotopic (exact) mass is 544 g/mol. The molecule has 160 valence electrons. The third-order valence-corrected chi connectivity index (χ3v) is 5.61. The second-order valence-electron chi connectivity index (χ2n) is 6.72. The van der Waals surface area contributed by atoms with Crippen LogP contribution in [0, 0.1) is 6.92 Å². The summed E-state index contributed by atoms with van der Waals surface area (Å²) in [5.41, 5.74) is 6.08. The molecule has 0 aliphatic rings. The van der Waals surface area contributed by atoms with Gasteiger partial charge in [-0.3, -0.25) is 4.79 Å². The van der Waals surface area contributed by atoms with Gasteiger partial charge in [-0.2, -0.15) is 5.10 Å². The van der Waals surface area contributed by atoms with Crippen molar-refractivity contribution >= 4 is 44.0 Å². The number of hydrogen-bond donors (Lipinski definition) is 1. The van der Waals surface area contributed by atoms with Gasteiger partial charge < -0.3 is 9.47 Å². The molecule has 3 rings (SSSR count). The van der Waals surface area contributed by atoms with E-state index in [2.05, 4.69) is 61.4 Å². The zero-order valence-corrected chi connectivity index (χ0v) is 20.4. The van der Waals surface area contributed by atoms with Gasteiger partial charge in [0.25, 0.3) is 5.91 Å². The van der Waals surface area contributed by atoms with Crippen molar-refractivity contribution in [3.05, 3.63) is 91.9 Å². The van der Waals surface area contributed by atoms with Gasteiger partial charge in [0.15, 0.2) is 11.5 Å². The average molecular weight is 546 g/mol. The van der Waals surface area contributed by atoms with E-state index in [0.717, 1.165) is 15.6 Å². The second-order valence-corrected chi connectivity index (χ2v) is 8.42. The van der Waals surface area contributed by atoms with Gasteiger partial charge in [-0.05, 0) is 81.1 Å². The molecular weight excluding hydrogens is 524 g/mol. The highest BCUT2D eigenvalue weighted by Crippen LogP contribution is 2.37. The van der Waals surface area contributed by atoms with Gasteiger partial charge in [0, 0.05) is 4.47 Å². The number of aryl methyl sites for hydroxylation is 1. The summed E-state index contributed by atoms with van der Waals surface area (Å²) in [7, 11) is 0. The molecule has 0 saturated carbocycles. The van der Waals surface area contributed by atoms with Crippen LogP contribution < -0.4 is 14.9 Å². The van der Waals surface area contributed by atoms with Crippen LogP contribution in [0.5, 0.6) is 11.5 Å². The van der Waals surface area contributed by atoms with Gasteiger partial charge in [0.1, 0.15) is 6.61 Å². The van der Waals surface area contributed by atoms with Crippen molar-refractivity contribution < 1.29 is 14.3 Å². The van der Waals surface area contributed by atoms with Crippen LogP contribution >= 0.6 is 31.9 Å². The molecule has 0 atom stereocenters. The maximum absolute atomic E-state index is 12.3. The van der Waals surface area contributed by atoms with E-state index in [1.807, 2.05) is 37.3 Å². The van der Waals surface area contributed by atoms with Gasteiger partial charge >= 0.3 is 0 Å². The maximum atomic E-state index is 12.3. The molecule has 1 N–H and O–H groups in total. The summed E-state index contributed by atoms with van der Waals surface area (Å²) in [6, 6.07) is 19.0. The lowest BCUT2D eigenvalue weighted by molar-refractivity contribution is 0.0954. The maximum Gasteiger partial charge on any atom is 0.272 e. The molecule has 3 aromatic carbocycles. The number of halogens is 2. The number of hydrazone groups is 1. The lowest BCUT2D eigenvalue weighted by Gasteiger charge is -2.15. The summed E-state index contributed by atoms with van der Waals surface area (Å²) in [5.74, 6) is 0.922. The van der Waals surface area contributed by atoms with E-state index in [4.69, 9.17) is 9.47 Å². The van der Waals surface area contributed by atoms with E-state index in [1.165, 1.54) is 5.56 Å². The highest BCUT2D eigenvalue weighted by Gasteiger charge is 2.13. The standard InChI is InChI=1S/C24H22Br2N2O3/c1-3-30-22-13-18(14-27-28-24(29)19-6-4-5-7-20(19)25)12-21(26)23(22)31-15-17-10-8-16(2)9-11-17/h4-14H,3,15H2,1-2H3,(H,28,29)/b27-14+. The Kier molecular flexibility index (Phi) is 8.26. The molecule has 0 unspecified atom stereocenters. The van der Waals surface area contributed by atoms with Crippen molar-refractivity contribution in [1.82, 2.24) is 5.43 Å². The van der Waals surface area contributed by atoms with E-state index in [1.54, 1.807) is 24.4 Å². The van der Waals surface area contributed by atoms with Gasteiger partial charge in [0.2, 0.25) is 0 Å². The largest absolute Gasteiger partial charge is 0.490 e. The SMILES string of the molecule is CCOc1cc(/C=N/NC(=O)c2ccccc2Br)cc(Br)c1OCc1ccc(C)cc1. The molecule has 0 fully saturated rings. The number of nitrogens with one attached hydrogen (secondary N) is 1. The molecule has 0 heterocycles. The Bertz CT molecular complexity index is 1080. The van der Waals surface area contributed by atoms with Crippen molar-refractivity contribution in [3.63, 3.8) is 0 Å². The predicted octanol–water partition coefficient (Wildman–Crippen LogP) is 6.26. The van der Waals surface area contributed by atoms with Crippen LogP contribution in [0.3, 0.4) is 0 Å². The lowest BCUT2D eigenvalue weighted by atomic mass is 10.1. The first kappa shape index (κ1) is 23.0. The van der Waals surface area contributed by atoms with Crippen LogP contribution in [0.4, 0.5) is 0 Å². The molecule has 3 aromatic rings. The Balaban J connectivity index is 1.73. The van der Waals surface area contributed by atoms with Crippen LogP contribution in [0.15, 0.2) is 74.7 Å². The summed E-state index contributed by atoms with van der Waals surface area (Å²) >= 11 is 6.92. The Morgan fingerprint density at radius 1 is 1.03 bits per heavy atom. The summed E-state index contributed by atoms with van der Waals surface area (Å²) in [4.78, 5) is 12.3. The Hall–Kier alpha value is -2.64. The predicted molar refractivity (Wildman–Crippen MR) is 130 cm³/mol. The quantitative estimate of drug-likeness (QED) is 0.268. The first-order valence-corrected chi connectivity index (χ1v) is 11.3. The molecule has 0 aliphatic heterocycles. The fourth-order valence-corrected chi connectivity index (χ4v) is 3.82. The van der Waals surface area contributed by atoms with Crippen LogP contribution in [0.25, 0.3) is 0 Å². The summed E-state index contributed by atoms with van der Waals surface area (Å²) in [5, 5.41) is 4.07. The number of amides is 1. The molecule has 0 saturated heterocycles. The summed E-state index contributed by atoms with van der Waals surface area (Å²) in [6.07, 6.45) is 1.56. The van der Waals surface area contributed by atoms with E-state index >= 15 is 0 Å². The van der Waals surface area contributed by atoms with Crippen molar-refractivity contribution in [2.75, 3.05) is 6.61 Å². The lowest BCUT2D eigenvalue weighted by Crippen LogP contribution is -2.18. The third kappa shape index (κ3) is 6.42. The number of ether oxygens (including phenoxy) is 2. The first-order chi connectivity index (χ1) is 15.0. The van der Waals surface area contributed by atoms with Crippen LogP contribution in [0.2, 0.25) is 0 Å². The molecule has 0 radical (unpaired) electrons. The normalized spacial score (nSPS) is 10.8. The van der Waals surface area contributed by atoms with Gasteiger partial charge in [-0.1, -0.05) is 42.0 Å². The average Bonchev–Trinajstić information content (AvgIpc) is 2.75. The van der Waals surface area contributed by atoms with E-state index in [9.17, 15) is 4.79 Å². The highest BCUT2D eigenvalue weighted by molar-refractivity contribution is 9.10. The molecule has 5 nitrogen and oxygen atoms in total. The minimum atomic E-state index is -0.300. The summed E-state index contributed by atoms with van der Waals surface area (Å²) < 4.78 is 13.2. The number of benzene rings is 3. The topological polar surface area (TPSA) is 59.9 Å². The van der Waals surface area contributed by atoms with Crippen molar-refractivity contribution in [2.45, 2.75) is 20.5 Å². The van der Waals surface area contributed by atoms with Gasteiger partial charge in [-0.15, -0.1) is 0 Å². The molecule has 7 heteroatoms. The van der Waals surface area contributed by atoms with Crippen molar-refractivity contribution in [2.24, 2.45) is 5.10 Å². The fraction of sp³-hybridized carbons (Fsp3) is 0.167. The number of carbonyl (C=O) groups is 1. The Labute approximate surface area is 198 Å². The molecule has 0 bridgehead atoms. The first-order valence-electron chi connectivity index (χ1n) is 9.70. The van der Waals surface area contributed by atoms with E-state index < -0.39 is 0 Å². The van der Waals surface area contributed by atoms with Crippen LogP contribution in [-0.2, 0) is 6.61 Å². The second kappa shape index (κ2) is 11.1. The molecule has 0 spiro atoms. The molecule has 0 aliphatic carbocycles. The number of rotatable bonds is 8. The van der Waals surface area contributed by atoms with Crippen LogP contribution in [-0.4, -0.2) is 18.7 Å². The number of hydrogen-bond acceptors (Lipinski definition) is 4. The van der Waals surface area contributed by atoms with E-state index in [-0.39, 0.29) is 5.91 Å². The molecule has 31 heavy (non-hydrogen) atoms.